The number of quaternary nitrogens is 1. The van der Waals surface area contributed by atoms with Crippen LogP contribution in [0.2, 0.25) is 0 Å². The summed E-state index contributed by atoms with van der Waals surface area (Å²) in [6, 6.07) is -0.620. The van der Waals surface area contributed by atoms with E-state index >= 15 is 0 Å². The van der Waals surface area contributed by atoms with Crippen molar-refractivity contribution in [3.8, 4) is 0 Å². The number of nitrogens with zero attached hydrogens (tertiary/aromatic N) is 1. The van der Waals surface area contributed by atoms with Crippen molar-refractivity contribution in [3.05, 3.63) is 36.5 Å². The van der Waals surface area contributed by atoms with Crippen LogP contribution >= 0.6 is 0 Å². The Hall–Kier alpha value is -2.45. The van der Waals surface area contributed by atoms with E-state index in [4.69, 9.17) is 14.2 Å². The molecule has 8 nitrogen and oxygen atoms in total. The molecule has 0 aromatic carbocycles. The molecule has 1 N–H and O–H groups in total. The van der Waals surface area contributed by atoms with Crippen molar-refractivity contribution in [2.24, 2.45) is 0 Å². The predicted octanol–water partition coefficient (Wildman–Crippen LogP) is 15.4. The van der Waals surface area contributed by atoms with E-state index in [2.05, 4.69) is 50.3 Å². The van der Waals surface area contributed by atoms with E-state index in [1.54, 1.807) is 0 Å². The number of carbonyl (C=O) groups is 3. The largest absolute Gasteiger partial charge is 0.477 e. The summed E-state index contributed by atoms with van der Waals surface area (Å²) in [5, 5.41) is 9.65. The Morgan fingerprint density at radius 3 is 1.25 bits per heavy atom. The summed E-state index contributed by atoms with van der Waals surface area (Å²) in [5.41, 5.74) is 0. The fourth-order valence-electron chi connectivity index (χ4n) is 7.90. The van der Waals surface area contributed by atoms with Gasteiger partial charge >= 0.3 is 17.9 Å². The molecule has 368 valence electrons. The average molecular weight is 889 g/mol. The van der Waals surface area contributed by atoms with Gasteiger partial charge in [0.25, 0.3) is 0 Å². The number of likely N-dealkylation sites (N-methyl/N-ethyl adjacent to an activating group) is 1. The molecule has 0 aromatic heterocycles. The molecule has 0 bridgehead atoms. The summed E-state index contributed by atoms with van der Waals surface area (Å²) in [6.45, 7) is 4.73. The second kappa shape index (κ2) is 46.1. The Balaban J connectivity index is 4.22. The smallest absolute Gasteiger partial charge is 0.362 e. The van der Waals surface area contributed by atoms with Gasteiger partial charge < -0.3 is 23.8 Å². The van der Waals surface area contributed by atoms with E-state index in [0.29, 0.717) is 19.3 Å². The molecule has 0 heterocycles. The van der Waals surface area contributed by atoms with Gasteiger partial charge in [0, 0.05) is 19.3 Å². The molecule has 0 fully saturated rings. The first-order valence-corrected chi connectivity index (χ1v) is 26.5. The van der Waals surface area contributed by atoms with Gasteiger partial charge in [0.15, 0.2) is 12.1 Å². The van der Waals surface area contributed by atoms with Crippen LogP contribution in [0.15, 0.2) is 36.5 Å². The van der Waals surface area contributed by atoms with Crippen molar-refractivity contribution in [2.45, 2.75) is 257 Å². The number of carbonyl (C=O) groups excluding carboxylic acids is 2. The summed E-state index contributed by atoms with van der Waals surface area (Å²) in [4.78, 5) is 37.1. The maximum Gasteiger partial charge on any atom is 0.362 e. The quantitative estimate of drug-likeness (QED) is 0.0214. The molecule has 2 atom stereocenters. The van der Waals surface area contributed by atoms with E-state index in [0.717, 1.165) is 51.4 Å². The van der Waals surface area contributed by atoms with Crippen molar-refractivity contribution in [3.63, 3.8) is 0 Å². The number of esters is 2. The van der Waals surface area contributed by atoms with E-state index in [-0.39, 0.29) is 36.2 Å². The summed E-state index contributed by atoms with van der Waals surface area (Å²) < 4.78 is 17.3. The molecule has 8 heteroatoms. The Kier molecular flexibility index (Phi) is 44.3. The zero-order valence-electron chi connectivity index (χ0n) is 42.0. The lowest BCUT2D eigenvalue weighted by Gasteiger charge is -2.31. The Morgan fingerprint density at radius 2 is 0.841 bits per heavy atom. The highest BCUT2D eigenvalue weighted by atomic mass is 16.6. The van der Waals surface area contributed by atoms with E-state index < -0.39 is 18.1 Å². The van der Waals surface area contributed by atoms with Crippen LogP contribution in [0.5, 0.6) is 0 Å². The molecule has 0 rings (SSSR count). The third-order valence-corrected chi connectivity index (χ3v) is 12.0. The van der Waals surface area contributed by atoms with E-state index in [1.807, 2.05) is 21.1 Å². The molecule has 0 aliphatic heterocycles. The minimum Gasteiger partial charge on any atom is -0.477 e. The van der Waals surface area contributed by atoms with Gasteiger partial charge in [-0.1, -0.05) is 198 Å². The number of aliphatic carboxylic acids is 1. The number of carboxylic acid groups (broad SMARTS) is 1. The maximum atomic E-state index is 12.8. The van der Waals surface area contributed by atoms with E-state index in [1.165, 1.54) is 161 Å². The van der Waals surface area contributed by atoms with Crippen LogP contribution in [0.25, 0.3) is 0 Å². The van der Waals surface area contributed by atoms with Gasteiger partial charge in [0.2, 0.25) is 0 Å². The Morgan fingerprint density at radius 1 is 0.476 bits per heavy atom. The number of hydrogen-bond donors (Lipinski definition) is 1. The van der Waals surface area contributed by atoms with Crippen LogP contribution in [0.1, 0.15) is 245 Å². The lowest BCUT2D eigenvalue weighted by Crippen LogP contribution is -2.50. The van der Waals surface area contributed by atoms with Crippen LogP contribution in [0, 0.1) is 0 Å². The van der Waals surface area contributed by atoms with Crippen LogP contribution in [-0.4, -0.2) is 80.6 Å². The van der Waals surface area contributed by atoms with Gasteiger partial charge in [0.1, 0.15) is 6.61 Å². The first-order valence-electron chi connectivity index (χ1n) is 26.5. The maximum absolute atomic E-state index is 12.8. The number of allylic oxidation sites excluding steroid dienone is 6. The molecule has 0 radical (unpaired) electrons. The molecule has 0 saturated heterocycles. The SMILES string of the molecule is CCCCCCCCC/C=C/C=C/CCCCCC(=O)OC(COCCC(C(=O)O)[N+](C)(C)C)COC(=O)CCCCCCCCC/C=C/CCCCCCCCCCCCCC. The molecule has 0 saturated carbocycles. The number of hydrogen-bond acceptors (Lipinski definition) is 6. The molecule has 63 heavy (non-hydrogen) atoms. The first-order chi connectivity index (χ1) is 30.6. The summed E-state index contributed by atoms with van der Waals surface area (Å²) in [7, 11) is 5.53. The average Bonchev–Trinajstić information content (AvgIpc) is 3.24. The topological polar surface area (TPSA) is 99.1 Å². The fourth-order valence-corrected chi connectivity index (χ4v) is 7.90. The molecule has 0 aliphatic rings. The zero-order valence-corrected chi connectivity index (χ0v) is 42.0. The standard InChI is InChI=1S/C55H101NO7/c1-6-8-10-12-14-16-18-20-22-24-25-26-27-28-29-30-32-33-35-37-39-41-43-45-53(57)62-50-51(49-61-48-47-52(55(59)60)56(3,4)5)63-54(58)46-44-42-40-38-36-34-31-23-21-19-17-15-13-11-9-7-2/h23,28-29,31,34,36,51-52H,6-22,24-27,30,32-33,35,37-50H2,1-5H3/p+1/b29-28+,31-23+,36-34+. The molecule has 2 unspecified atom stereocenters. The summed E-state index contributed by atoms with van der Waals surface area (Å²) in [5.74, 6) is -1.50. The molecule has 0 spiro atoms. The minimum atomic E-state index is -0.878. The van der Waals surface area contributed by atoms with Gasteiger partial charge in [-0.3, -0.25) is 9.59 Å². The summed E-state index contributed by atoms with van der Waals surface area (Å²) >= 11 is 0. The first kappa shape index (κ1) is 60.5. The third kappa shape index (κ3) is 44.5. The van der Waals surface area contributed by atoms with Crippen molar-refractivity contribution in [1.29, 1.82) is 0 Å². The Labute approximate surface area is 389 Å². The molecule has 0 aliphatic carbocycles. The molecule has 0 aromatic rings. The van der Waals surface area contributed by atoms with Crippen molar-refractivity contribution >= 4 is 17.9 Å². The lowest BCUT2D eigenvalue weighted by molar-refractivity contribution is -0.887. The van der Waals surface area contributed by atoms with Gasteiger partial charge in [-0.2, -0.15) is 0 Å². The van der Waals surface area contributed by atoms with Gasteiger partial charge in [0.05, 0.1) is 34.4 Å². The number of ether oxygens (including phenoxy) is 3. The second-order valence-corrected chi connectivity index (χ2v) is 19.2. The van der Waals surface area contributed by atoms with Gasteiger partial charge in [-0.25, -0.2) is 4.79 Å². The monoisotopic (exact) mass is 889 g/mol. The van der Waals surface area contributed by atoms with Crippen LogP contribution in [0.3, 0.4) is 0 Å². The van der Waals surface area contributed by atoms with E-state index in [9.17, 15) is 19.5 Å². The van der Waals surface area contributed by atoms with Crippen molar-refractivity contribution in [1.82, 2.24) is 0 Å². The van der Waals surface area contributed by atoms with Crippen molar-refractivity contribution in [2.75, 3.05) is 41.0 Å². The normalized spacial score (nSPS) is 13.1. The lowest BCUT2D eigenvalue weighted by atomic mass is 10.0. The minimum absolute atomic E-state index is 0.0506. The fraction of sp³-hybridized carbons (Fsp3) is 0.836. The molecular formula is C55H102NO7+. The van der Waals surface area contributed by atoms with Crippen molar-refractivity contribution < 1.29 is 38.2 Å². The second-order valence-electron chi connectivity index (χ2n) is 19.2. The highest BCUT2D eigenvalue weighted by molar-refractivity contribution is 5.72. The van der Waals surface area contributed by atoms with Gasteiger partial charge in [-0.15, -0.1) is 0 Å². The Bertz CT molecular complexity index is 1130. The highest BCUT2D eigenvalue weighted by Gasteiger charge is 2.31. The molecule has 0 amide bonds. The van der Waals surface area contributed by atoms with Crippen LogP contribution in [0.4, 0.5) is 0 Å². The predicted molar refractivity (Wildman–Crippen MR) is 266 cm³/mol. The number of unbranched alkanes of at least 4 members (excludes halogenated alkanes) is 29. The number of rotatable bonds is 48. The van der Waals surface area contributed by atoms with Gasteiger partial charge in [-0.05, 0) is 64.2 Å². The zero-order chi connectivity index (χ0) is 46.3. The third-order valence-electron chi connectivity index (χ3n) is 12.0. The molecular weight excluding hydrogens is 787 g/mol. The summed E-state index contributed by atoms with van der Waals surface area (Å²) in [6.07, 6.45) is 54.9. The highest BCUT2D eigenvalue weighted by Crippen LogP contribution is 2.15. The van der Waals surface area contributed by atoms with Crippen LogP contribution < -0.4 is 0 Å². The van der Waals surface area contributed by atoms with Crippen LogP contribution in [-0.2, 0) is 28.6 Å². The number of carboxylic acids is 1.